The zero-order valence-corrected chi connectivity index (χ0v) is 17.5. The van der Waals surface area contributed by atoms with E-state index in [2.05, 4.69) is 47.9 Å². The van der Waals surface area contributed by atoms with E-state index < -0.39 is 0 Å². The number of thiocarbonyl (C=S) groups is 1. The molecule has 3 rings (SSSR count). The maximum atomic E-state index is 13.1. The van der Waals surface area contributed by atoms with Gasteiger partial charge in [-0.1, -0.05) is 44.2 Å². The fourth-order valence-corrected chi connectivity index (χ4v) is 3.33. The van der Waals surface area contributed by atoms with Gasteiger partial charge in [-0.15, -0.1) is 0 Å². The van der Waals surface area contributed by atoms with Crippen molar-refractivity contribution in [3.8, 4) is 0 Å². The van der Waals surface area contributed by atoms with Gasteiger partial charge in [-0.05, 0) is 66.0 Å². The van der Waals surface area contributed by atoms with Crippen LogP contribution in [0, 0.1) is 5.82 Å². The second kappa shape index (κ2) is 9.98. The van der Waals surface area contributed by atoms with Crippen molar-refractivity contribution in [1.29, 1.82) is 0 Å². The SMILES string of the molecule is CCc1cccc(CC)c1NC(=S)N/N=C/c1cccn1Cc1ccc(F)cc1. The number of rotatable bonds is 7. The standard InChI is InChI=1S/C23H25FN4S/c1-3-18-7-5-8-19(4-2)22(18)26-23(29)27-25-15-21-9-6-14-28(21)16-17-10-12-20(24)13-11-17/h5-15H,3-4,16H2,1-2H3,(H2,26,27,29)/b25-15+. The van der Waals surface area contributed by atoms with E-state index in [1.807, 2.05) is 22.9 Å². The van der Waals surface area contributed by atoms with Crippen molar-refractivity contribution in [3.05, 3.63) is 89.0 Å². The molecule has 1 heterocycles. The van der Waals surface area contributed by atoms with Gasteiger partial charge in [0.15, 0.2) is 5.11 Å². The first-order chi connectivity index (χ1) is 14.1. The first kappa shape index (κ1) is 20.7. The van der Waals surface area contributed by atoms with Crippen molar-refractivity contribution in [2.45, 2.75) is 33.2 Å². The number of nitrogens with zero attached hydrogens (tertiary/aromatic N) is 2. The van der Waals surface area contributed by atoms with Crippen LogP contribution in [0.3, 0.4) is 0 Å². The van der Waals surface area contributed by atoms with Crippen molar-refractivity contribution in [1.82, 2.24) is 9.99 Å². The molecule has 2 N–H and O–H groups in total. The summed E-state index contributed by atoms with van der Waals surface area (Å²) in [7, 11) is 0. The Morgan fingerprint density at radius 2 is 1.72 bits per heavy atom. The number of nitrogens with one attached hydrogen (secondary N) is 2. The predicted octanol–water partition coefficient (Wildman–Crippen LogP) is 5.12. The molecule has 0 amide bonds. The number of halogens is 1. The van der Waals surface area contributed by atoms with Crippen LogP contribution in [0.15, 0.2) is 65.9 Å². The third-order valence-corrected chi connectivity index (χ3v) is 4.92. The molecule has 0 aliphatic rings. The minimum Gasteiger partial charge on any atom is -0.342 e. The van der Waals surface area contributed by atoms with E-state index in [-0.39, 0.29) is 5.82 Å². The fraction of sp³-hybridized carbons (Fsp3) is 0.217. The Morgan fingerprint density at radius 1 is 1.03 bits per heavy atom. The summed E-state index contributed by atoms with van der Waals surface area (Å²) in [5.41, 5.74) is 8.36. The van der Waals surface area contributed by atoms with Crippen LogP contribution in [0.25, 0.3) is 0 Å². The number of aromatic nitrogens is 1. The average Bonchev–Trinajstić information content (AvgIpc) is 3.16. The average molecular weight is 409 g/mol. The van der Waals surface area contributed by atoms with Gasteiger partial charge >= 0.3 is 0 Å². The molecule has 0 spiro atoms. The molecular weight excluding hydrogens is 383 g/mol. The van der Waals surface area contributed by atoms with E-state index in [9.17, 15) is 4.39 Å². The number of para-hydroxylation sites is 1. The van der Waals surface area contributed by atoms with Crippen LogP contribution in [-0.2, 0) is 19.4 Å². The van der Waals surface area contributed by atoms with Crippen LogP contribution < -0.4 is 10.7 Å². The van der Waals surface area contributed by atoms with Crippen LogP contribution in [0.2, 0.25) is 0 Å². The lowest BCUT2D eigenvalue weighted by molar-refractivity contribution is 0.626. The maximum Gasteiger partial charge on any atom is 0.191 e. The van der Waals surface area contributed by atoms with Crippen LogP contribution in [0.4, 0.5) is 10.1 Å². The first-order valence-electron chi connectivity index (χ1n) is 9.71. The van der Waals surface area contributed by atoms with Gasteiger partial charge in [0, 0.05) is 18.4 Å². The van der Waals surface area contributed by atoms with Crippen LogP contribution in [0.1, 0.15) is 36.2 Å². The van der Waals surface area contributed by atoms with Crippen molar-refractivity contribution < 1.29 is 4.39 Å². The Morgan fingerprint density at radius 3 is 2.38 bits per heavy atom. The molecule has 0 saturated heterocycles. The molecule has 0 atom stereocenters. The molecule has 6 heteroatoms. The summed E-state index contributed by atoms with van der Waals surface area (Å²) in [4.78, 5) is 0. The summed E-state index contributed by atoms with van der Waals surface area (Å²) >= 11 is 5.42. The molecule has 0 aliphatic carbocycles. The lowest BCUT2D eigenvalue weighted by Gasteiger charge is -2.15. The monoisotopic (exact) mass is 408 g/mol. The van der Waals surface area contributed by atoms with Gasteiger partial charge in [0.05, 0.1) is 11.9 Å². The summed E-state index contributed by atoms with van der Waals surface area (Å²) in [6.45, 7) is 4.90. The Bertz CT molecular complexity index is 970. The number of hydrazone groups is 1. The minimum absolute atomic E-state index is 0.232. The highest BCUT2D eigenvalue weighted by Crippen LogP contribution is 2.22. The summed E-state index contributed by atoms with van der Waals surface area (Å²) in [5.74, 6) is -0.232. The molecule has 0 radical (unpaired) electrons. The fourth-order valence-electron chi connectivity index (χ4n) is 3.18. The normalized spacial score (nSPS) is 11.0. The summed E-state index contributed by atoms with van der Waals surface area (Å²) in [6.07, 6.45) is 5.55. The molecule has 0 unspecified atom stereocenters. The zero-order valence-electron chi connectivity index (χ0n) is 16.7. The van der Waals surface area contributed by atoms with E-state index in [0.717, 1.165) is 29.8 Å². The molecule has 0 aliphatic heterocycles. The number of anilines is 1. The predicted molar refractivity (Wildman–Crippen MR) is 122 cm³/mol. The molecule has 29 heavy (non-hydrogen) atoms. The smallest absolute Gasteiger partial charge is 0.191 e. The maximum absolute atomic E-state index is 13.1. The van der Waals surface area contributed by atoms with Crippen molar-refractivity contribution in [2.24, 2.45) is 5.10 Å². The highest BCUT2D eigenvalue weighted by Gasteiger charge is 2.07. The van der Waals surface area contributed by atoms with Gasteiger partial charge in [-0.25, -0.2) is 4.39 Å². The molecule has 0 saturated carbocycles. The third kappa shape index (κ3) is 5.51. The minimum atomic E-state index is -0.232. The van der Waals surface area contributed by atoms with E-state index in [1.165, 1.54) is 23.3 Å². The van der Waals surface area contributed by atoms with Gasteiger partial charge in [0.1, 0.15) is 5.82 Å². The molecule has 1 aromatic heterocycles. The van der Waals surface area contributed by atoms with Crippen LogP contribution in [0.5, 0.6) is 0 Å². The first-order valence-corrected chi connectivity index (χ1v) is 10.1. The molecule has 4 nitrogen and oxygen atoms in total. The molecule has 0 bridgehead atoms. The van der Waals surface area contributed by atoms with Crippen molar-refractivity contribution >= 4 is 29.2 Å². The largest absolute Gasteiger partial charge is 0.342 e. The zero-order chi connectivity index (χ0) is 20.6. The second-order valence-corrected chi connectivity index (χ2v) is 7.08. The lowest BCUT2D eigenvalue weighted by Crippen LogP contribution is -2.25. The highest BCUT2D eigenvalue weighted by molar-refractivity contribution is 7.80. The van der Waals surface area contributed by atoms with Crippen molar-refractivity contribution in [2.75, 3.05) is 5.32 Å². The summed E-state index contributed by atoms with van der Waals surface area (Å²) in [5, 5.41) is 8.02. The molecule has 150 valence electrons. The summed E-state index contributed by atoms with van der Waals surface area (Å²) in [6, 6.07) is 16.7. The molecule has 2 aromatic carbocycles. The van der Waals surface area contributed by atoms with Gasteiger partial charge in [0.2, 0.25) is 0 Å². The molecule has 3 aromatic rings. The van der Waals surface area contributed by atoms with Gasteiger partial charge in [0.25, 0.3) is 0 Å². The number of aryl methyl sites for hydroxylation is 2. The number of hydrogen-bond acceptors (Lipinski definition) is 2. The van der Waals surface area contributed by atoms with Crippen LogP contribution >= 0.6 is 12.2 Å². The molecule has 0 fully saturated rings. The number of hydrogen-bond donors (Lipinski definition) is 2. The molecular formula is C23H25FN4S. The van der Waals surface area contributed by atoms with E-state index in [1.54, 1.807) is 18.3 Å². The summed E-state index contributed by atoms with van der Waals surface area (Å²) < 4.78 is 15.1. The van der Waals surface area contributed by atoms with Gasteiger partial charge in [-0.3, -0.25) is 5.43 Å². The van der Waals surface area contributed by atoms with E-state index >= 15 is 0 Å². The Labute approximate surface area is 176 Å². The Balaban J connectivity index is 1.63. The van der Waals surface area contributed by atoms with E-state index in [0.29, 0.717) is 11.7 Å². The number of benzene rings is 2. The Hall–Kier alpha value is -2.99. The second-order valence-electron chi connectivity index (χ2n) is 6.67. The quantitative estimate of drug-likeness (QED) is 0.324. The lowest BCUT2D eigenvalue weighted by atomic mass is 10.0. The topological polar surface area (TPSA) is 41.4 Å². The third-order valence-electron chi connectivity index (χ3n) is 4.73. The van der Waals surface area contributed by atoms with Crippen LogP contribution in [-0.4, -0.2) is 15.9 Å². The van der Waals surface area contributed by atoms with Crippen molar-refractivity contribution in [3.63, 3.8) is 0 Å². The van der Waals surface area contributed by atoms with E-state index in [4.69, 9.17) is 12.2 Å². The van der Waals surface area contributed by atoms with Gasteiger partial charge in [-0.2, -0.15) is 5.10 Å². The van der Waals surface area contributed by atoms with Gasteiger partial charge < -0.3 is 9.88 Å². The Kier molecular flexibility index (Phi) is 7.14. The highest BCUT2D eigenvalue weighted by atomic mass is 32.1.